The Kier molecular flexibility index (Phi) is 6.08. The minimum absolute atomic E-state index is 0.0152. The van der Waals surface area contributed by atoms with Crippen LogP contribution < -0.4 is 14.8 Å². The van der Waals surface area contributed by atoms with Crippen LogP contribution >= 0.6 is 11.6 Å². The quantitative estimate of drug-likeness (QED) is 0.621. The minimum Gasteiger partial charge on any atom is -0.493 e. The summed E-state index contributed by atoms with van der Waals surface area (Å²) < 4.78 is 26.1. The number of anilines is 2. The van der Waals surface area contributed by atoms with Crippen LogP contribution in [0.4, 0.5) is 15.9 Å². The molecule has 162 valence electrons. The number of piperidine rings is 1. The number of amides is 1. The van der Waals surface area contributed by atoms with E-state index in [2.05, 4.69) is 15.3 Å². The topological polar surface area (TPSA) is 76.6 Å². The molecule has 1 N–H and O–H groups in total. The van der Waals surface area contributed by atoms with Gasteiger partial charge in [0.15, 0.2) is 17.3 Å². The van der Waals surface area contributed by atoms with E-state index < -0.39 is 5.82 Å². The number of nitrogens with one attached hydrogen (secondary N) is 1. The lowest BCUT2D eigenvalue weighted by Gasteiger charge is -2.32. The number of carbonyl (C=O) groups is 1. The second-order valence-corrected chi connectivity index (χ2v) is 7.72. The summed E-state index contributed by atoms with van der Waals surface area (Å²) in [5, 5.41) is 3.64. The fourth-order valence-corrected chi connectivity index (χ4v) is 3.82. The zero-order valence-electron chi connectivity index (χ0n) is 17.2. The molecule has 9 heteroatoms. The number of hydrogen-bond donors (Lipinski definition) is 1. The van der Waals surface area contributed by atoms with Crippen LogP contribution in [0.3, 0.4) is 0 Å². The van der Waals surface area contributed by atoms with Crippen molar-refractivity contribution < 1.29 is 18.7 Å². The standard InChI is InChI=1S/C22H22ClFN4O3/c1-13(29)28-8-4-5-14(11-28)31-20-9-15-18(10-19(20)30-2)25-12-26-22(15)27-17-7-3-6-16(23)21(17)24/h3,6-7,9-10,12,14H,4-5,8,11H2,1-2H3,(H,25,26,27)/t14-/m0/s1. The Morgan fingerprint density at radius 1 is 1.29 bits per heavy atom. The van der Waals surface area contributed by atoms with E-state index in [0.717, 1.165) is 19.4 Å². The van der Waals surface area contributed by atoms with E-state index in [1.54, 1.807) is 43.2 Å². The maximum atomic E-state index is 14.4. The zero-order valence-corrected chi connectivity index (χ0v) is 17.9. The normalized spacial score (nSPS) is 16.3. The lowest BCUT2D eigenvalue weighted by atomic mass is 10.1. The third kappa shape index (κ3) is 4.49. The van der Waals surface area contributed by atoms with Gasteiger partial charge in [0.1, 0.15) is 18.2 Å². The smallest absolute Gasteiger partial charge is 0.219 e. The predicted molar refractivity (Wildman–Crippen MR) is 117 cm³/mol. The maximum absolute atomic E-state index is 14.4. The van der Waals surface area contributed by atoms with E-state index >= 15 is 0 Å². The van der Waals surface area contributed by atoms with Gasteiger partial charge < -0.3 is 19.7 Å². The van der Waals surface area contributed by atoms with Crippen molar-refractivity contribution in [3.05, 3.63) is 47.5 Å². The van der Waals surface area contributed by atoms with Crippen LogP contribution in [0, 0.1) is 5.82 Å². The van der Waals surface area contributed by atoms with Gasteiger partial charge in [-0.1, -0.05) is 17.7 Å². The SMILES string of the molecule is COc1cc2ncnc(Nc3cccc(Cl)c3F)c2cc1O[C@H]1CCCN(C(C)=O)C1. The van der Waals surface area contributed by atoms with Gasteiger partial charge in [-0.25, -0.2) is 14.4 Å². The highest BCUT2D eigenvalue weighted by Crippen LogP contribution is 2.36. The zero-order chi connectivity index (χ0) is 22.0. The fourth-order valence-electron chi connectivity index (χ4n) is 3.64. The van der Waals surface area contributed by atoms with Crippen molar-refractivity contribution in [2.75, 3.05) is 25.5 Å². The maximum Gasteiger partial charge on any atom is 0.219 e. The molecular formula is C22H22ClFN4O3. The first kappa shape index (κ1) is 21.1. The van der Waals surface area contributed by atoms with Crippen molar-refractivity contribution in [2.45, 2.75) is 25.9 Å². The number of likely N-dealkylation sites (tertiary alicyclic amines) is 1. The highest BCUT2D eigenvalue weighted by Gasteiger charge is 2.24. The third-order valence-corrected chi connectivity index (χ3v) is 5.53. The first-order valence-corrected chi connectivity index (χ1v) is 10.3. The number of methoxy groups -OCH3 is 1. The Morgan fingerprint density at radius 2 is 2.13 bits per heavy atom. The Morgan fingerprint density at radius 3 is 2.90 bits per heavy atom. The van der Waals surface area contributed by atoms with Gasteiger partial charge in [0.25, 0.3) is 0 Å². The van der Waals surface area contributed by atoms with E-state index in [-0.39, 0.29) is 22.7 Å². The summed E-state index contributed by atoms with van der Waals surface area (Å²) in [7, 11) is 1.55. The van der Waals surface area contributed by atoms with Crippen molar-refractivity contribution in [1.29, 1.82) is 0 Å². The molecule has 1 aliphatic rings. The lowest BCUT2D eigenvalue weighted by Crippen LogP contribution is -2.43. The molecule has 2 heterocycles. The molecule has 1 aromatic heterocycles. The number of benzene rings is 2. The molecule has 4 rings (SSSR count). The highest BCUT2D eigenvalue weighted by molar-refractivity contribution is 6.31. The molecule has 0 bridgehead atoms. The Labute approximate surface area is 184 Å². The second-order valence-electron chi connectivity index (χ2n) is 7.32. The summed E-state index contributed by atoms with van der Waals surface area (Å²) in [5.74, 6) is 0.906. The largest absolute Gasteiger partial charge is 0.493 e. The van der Waals surface area contributed by atoms with Crippen molar-refractivity contribution in [2.24, 2.45) is 0 Å². The van der Waals surface area contributed by atoms with Gasteiger partial charge in [0, 0.05) is 24.9 Å². The van der Waals surface area contributed by atoms with Gasteiger partial charge >= 0.3 is 0 Å². The summed E-state index contributed by atoms with van der Waals surface area (Å²) in [4.78, 5) is 22.1. The number of halogens is 2. The lowest BCUT2D eigenvalue weighted by molar-refractivity contribution is -0.131. The average Bonchev–Trinajstić information content (AvgIpc) is 2.77. The number of rotatable bonds is 5. The fraction of sp³-hybridized carbons (Fsp3) is 0.318. The molecular weight excluding hydrogens is 423 g/mol. The molecule has 7 nitrogen and oxygen atoms in total. The number of aromatic nitrogens is 2. The Balaban J connectivity index is 1.68. The number of fused-ring (bicyclic) bond motifs is 1. The molecule has 2 aromatic carbocycles. The molecule has 3 aromatic rings. The molecule has 31 heavy (non-hydrogen) atoms. The van der Waals surface area contributed by atoms with Crippen LogP contribution in [0.1, 0.15) is 19.8 Å². The molecule has 0 saturated carbocycles. The third-order valence-electron chi connectivity index (χ3n) is 5.24. The first-order valence-electron chi connectivity index (χ1n) is 9.92. The summed E-state index contributed by atoms with van der Waals surface area (Å²) in [6, 6.07) is 8.22. The molecule has 0 aliphatic carbocycles. The van der Waals surface area contributed by atoms with E-state index in [0.29, 0.717) is 34.8 Å². The second kappa shape index (κ2) is 8.93. The molecule has 0 spiro atoms. The van der Waals surface area contributed by atoms with Gasteiger partial charge in [0.2, 0.25) is 5.91 Å². The van der Waals surface area contributed by atoms with E-state index in [4.69, 9.17) is 21.1 Å². The molecule has 1 saturated heterocycles. The van der Waals surface area contributed by atoms with Gasteiger partial charge in [-0.05, 0) is 31.0 Å². The van der Waals surface area contributed by atoms with Crippen molar-refractivity contribution in [3.8, 4) is 11.5 Å². The van der Waals surface area contributed by atoms with Gasteiger partial charge in [0.05, 0.1) is 29.9 Å². The molecule has 1 amide bonds. The van der Waals surface area contributed by atoms with E-state index in [1.165, 1.54) is 12.4 Å². The number of hydrogen-bond acceptors (Lipinski definition) is 6. The number of ether oxygens (including phenoxy) is 2. The predicted octanol–water partition coefficient (Wildman–Crippen LogP) is 4.56. The van der Waals surface area contributed by atoms with Crippen LogP contribution in [-0.2, 0) is 4.79 Å². The number of carbonyl (C=O) groups excluding carboxylic acids is 1. The summed E-state index contributed by atoms with van der Waals surface area (Å²) in [5.41, 5.74) is 0.813. The van der Waals surface area contributed by atoms with Crippen LogP contribution in [0.15, 0.2) is 36.7 Å². The van der Waals surface area contributed by atoms with Gasteiger partial charge in [-0.3, -0.25) is 4.79 Å². The molecule has 1 atom stereocenters. The Hall–Kier alpha value is -3.13. The van der Waals surface area contributed by atoms with Crippen molar-refractivity contribution in [1.82, 2.24) is 14.9 Å². The van der Waals surface area contributed by atoms with E-state index in [1.807, 2.05) is 0 Å². The molecule has 1 fully saturated rings. The Bertz CT molecular complexity index is 1130. The van der Waals surface area contributed by atoms with E-state index in [9.17, 15) is 9.18 Å². The molecule has 1 aliphatic heterocycles. The van der Waals surface area contributed by atoms with Gasteiger partial charge in [-0.15, -0.1) is 0 Å². The minimum atomic E-state index is -0.563. The first-order chi connectivity index (χ1) is 15.0. The molecule has 0 radical (unpaired) electrons. The van der Waals surface area contributed by atoms with Crippen LogP contribution in [0.5, 0.6) is 11.5 Å². The van der Waals surface area contributed by atoms with Crippen LogP contribution in [-0.4, -0.2) is 47.1 Å². The summed E-state index contributed by atoms with van der Waals surface area (Å²) in [6.45, 7) is 2.81. The van der Waals surface area contributed by atoms with Crippen molar-refractivity contribution >= 4 is 39.9 Å². The van der Waals surface area contributed by atoms with Crippen LogP contribution in [0.2, 0.25) is 5.02 Å². The molecule has 0 unspecified atom stereocenters. The summed E-state index contributed by atoms with van der Waals surface area (Å²) >= 11 is 5.89. The average molecular weight is 445 g/mol. The van der Waals surface area contributed by atoms with Gasteiger partial charge in [-0.2, -0.15) is 0 Å². The highest BCUT2D eigenvalue weighted by atomic mass is 35.5. The monoisotopic (exact) mass is 444 g/mol. The van der Waals surface area contributed by atoms with Crippen molar-refractivity contribution in [3.63, 3.8) is 0 Å². The number of nitrogens with zero attached hydrogens (tertiary/aromatic N) is 3. The van der Waals surface area contributed by atoms with Crippen LogP contribution in [0.25, 0.3) is 10.9 Å². The summed E-state index contributed by atoms with van der Waals surface area (Å²) in [6.07, 6.45) is 2.92.